The van der Waals surface area contributed by atoms with Crippen LogP contribution in [0.3, 0.4) is 0 Å². The van der Waals surface area contributed by atoms with Crippen LogP contribution in [0, 0.1) is 0 Å². The van der Waals surface area contributed by atoms with Gasteiger partial charge in [0.25, 0.3) is 0 Å². The zero-order chi connectivity index (χ0) is 12.2. The van der Waals surface area contributed by atoms with Crippen molar-refractivity contribution in [2.24, 2.45) is 5.10 Å². The first-order valence-corrected chi connectivity index (χ1v) is 7.27. The molecule has 0 aromatic heterocycles. The van der Waals surface area contributed by atoms with Gasteiger partial charge in [-0.1, -0.05) is 18.2 Å². The summed E-state index contributed by atoms with van der Waals surface area (Å²) in [5.74, 6) is -0.114. The molecule has 16 heavy (non-hydrogen) atoms. The number of hydrogen-bond donors (Lipinski definition) is 1. The Hall–Kier alpha value is -1.61. The van der Waals surface area contributed by atoms with Gasteiger partial charge >= 0.3 is 18.2 Å². The highest BCUT2D eigenvalue weighted by Gasteiger charge is 2.31. The highest BCUT2D eigenvalue weighted by atomic mass is 33.2. The third-order valence-corrected chi connectivity index (χ3v) is 4.71. The van der Waals surface area contributed by atoms with E-state index in [-0.39, 0.29) is 5.75 Å². The Bertz CT molecular complexity index is 564. The third kappa shape index (κ3) is 2.70. The summed E-state index contributed by atoms with van der Waals surface area (Å²) in [6, 6.07) is 7.22. The zero-order valence-electron chi connectivity index (χ0n) is 7.90. The molecule has 0 unspecified atom stereocenters. The minimum atomic E-state index is -4.85. The number of benzene rings is 1. The largest absolute Gasteiger partial charge is 0.439 e. The fourth-order valence-electron chi connectivity index (χ4n) is 0.763. The van der Waals surface area contributed by atoms with Crippen LogP contribution in [0.25, 0.3) is 0 Å². The monoisotopic (exact) mass is 264 g/mol. The predicted octanol–water partition coefficient (Wildman–Crippen LogP) is -0.155. The lowest BCUT2D eigenvalue weighted by Gasteiger charge is -2.06. The minimum absolute atomic E-state index is 0.114. The van der Waals surface area contributed by atoms with Crippen molar-refractivity contribution in [3.05, 3.63) is 30.3 Å². The van der Waals surface area contributed by atoms with E-state index in [1.165, 1.54) is 29.1 Å². The summed E-state index contributed by atoms with van der Waals surface area (Å²) in [6.07, 6.45) is 0. The number of nitrogens with one attached hydrogen (secondary N) is 1. The van der Waals surface area contributed by atoms with Gasteiger partial charge in [-0.05, 0) is 12.1 Å². The molecule has 0 aliphatic heterocycles. The van der Waals surface area contributed by atoms with Crippen molar-refractivity contribution in [1.82, 2.24) is 4.83 Å². The molecule has 9 heteroatoms. The number of hydrogen-bond acceptors (Lipinski definition) is 6. The Labute approximate surface area is 92.3 Å². The van der Waals surface area contributed by atoms with Gasteiger partial charge in [0.05, 0.1) is 0 Å². The van der Waals surface area contributed by atoms with Gasteiger partial charge in [0.2, 0.25) is 0 Å². The Morgan fingerprint density at radius 1 is 1.12 bits per heavy atom. The van der Waals surface area contributed by atoms with Crippen LogP contribution in [-0.2, 0) is 18.2 Å². The van der Waals surface area contributed by atoms with Crippen molar-refractivity contribution in [2.45, 2.75) is 0 Å². The van der Waals surface area contributed by atoms with E-state index in [9.17, 15) is 16.8 Å². The lowest BCUT2D eigenvalue weighted by atomic mass is 10.3. The van der Waals surface area contributed by atoms with E-state index >= 15 is 0 Å². The number of para-hydroxylation sites is 1. The van der Waals surface area contributed by atoms with E-state index < -0.39 is 18.2 Å². The molecule has 0 aliphatic rings. The summed E-state index contributed by atoms with van der Waals surface area (Å²) in [5.41, 5.74) is 0. The summed E-state index contributed by atoms with van der Waals surface area (Å²) < 4.78 is 49.1. The second-order valence-corrected chi connectivity index (χ2v) is 7.12. The van der Waals surface area contributed by atoms with Crippen LogP contribution in [-0.4, -0.2) is 23.6 Å². The molecule has 1 N–H and O–H groups in total. The highest BCUT2D eigenvalue weighted by molar-refractivity contribution is 8.64. The van der Waals surface area contributed by atoms with Crippen LogP contribution < -0.4 is 9.01 Å². The Balaban J connectivity index is 3.02. The van der Waals surface area contributed by atoms with E-state index in [1.807, 2.05) is 0 Å². The summed E-state index contributed by atoms with van der Waals surface area (Å²) >= 11 is 0. The van der Waals surface area contributed by atoms with E-state index in [0.717, 1.165) is 0 Å². The van der Waals surface area contributed by atoms with Crippen molar-refractivity contribution >= 4 is 24.9 Å². The normalized spacial score (nSPS) is 11.8. The zero-order valence-corrected chi connectivity index (χ0v) is 9.53. The van der Waals surface area contributed by atoms with E-state index in [4.69, 9.17) is 0 Å². The fourth-order valence-corrected chi connectivity index (χ4v) is 2.39. The fraction of sp³-hybridized carbons (Fsp3) is 0. The molecule has 0 radical (unpaired) electrons. The molecule has 0 aliphatic carbocycles. The lowest BCUT2D eigenvalue weighted by molar-refractivity contribution is 0.493. The number of nitrogens with zero attached hydrogens (tertiary/aromatic N) is 1. The standard InChI is InChI=1S/C7H8N2O5S2/c1-8-9-15(10,11)16(12,13)14-7-5-3-2-4-6-7/h2-6,9H,1H2. The van der Waals surface area contributed by atoms with Crippen molar-refractivity contribution < 1.29 is 21.0 Å². The van der Waals surface area contributed by atoms with E-state index in [1.54, 1.807) is 6.07 Å². The SMILES string of the molecule is C=NNS(=O)(=O)S(=O)(=O)Oc1ccccc1. The van der Waals surface area contributed by atoms with Crippen molar-refractivity contribution in [2.75, 3.05) is 0 Å². The molecule has 0 fully saturated rings. The van der Waals surface area contributed by atoms with Gasteiger partial charge in [0, 0.05) is 6.72 Å². The Morgan fingerprint density at radius 3 is 2.19 bits per heavy atom. The summed E-state index contributed by atoms with van der Waals surface area (Å²) in [7, 11) is -9.58. The van der Waals surface area contributed by atoms with Gasteiger partial charge in [-0.2, -0.15) is 26.8 Å². The first kappa shape index (κ1) is 12.5. The molecular formula is C7H8N2O5S2. The average Bonchev–Trinajstić information content (AvgIpc) is 2.18. The Kier molecular flexibility index (Phi) is 3.50. The maximum absolute atomic E-state index is 11.3. The minimum Gasteiger partial charge on any atom is -0.370 e. The highest BCUT2D eigenvalue weighted by Crippen LogP contribution is 2.14. The first-order chi connectivity index (χ1) is 7.39. The van der Waals surface area contributed by atoms with E-state index in [2.05, 4.69) is 16.0 Å². The molecule has 1 rings (SSSR count). The molecule has 1 aromatic carbocycles. The second kappa shape index (κ2) is 4.49. The third-order valence-electron chi connectivity index (χ3n) is 1.39. The molecule has 0 atom stereocenters. The smallest absolute Gasteiger partial charge is 0.370 e. The van der Waals surface area contributed by atoms with Crippen molar-refractivity contribution in [3.63, 3.8) is 0 Å². The van der Waals surface area contributed by atoms with Crippen LogP contribution in [0.5, 0.6) is 5.75 Å². The molecule has 0 bridgehead atoms. The molecule has 88 valence electrons. The van der Waals surface area contributed by atoms with Gasteiger partial charge in [0.15, 0.2) is 0 Å². The molecule has 0 saturated heterocycles. The maximum Gasteiger partial charge on any atom is 0.439 e. The second-order valence-electron chi connectivity index (χ2n) is 2.51. The quantitative estimate of drug-likeness (QED) is 0.452. The topological polar surface area (TPSA) is 102 Å². The van der Waals surface area contributed by atoms with Gasteiger partial charge in [-0.3, -0.25) is 0 Å². The van der Waals surface area contributed by atoms with Crippen LogP contribution in [0.4, 0.5) is 0 Å². The summed E-state index contributed by atoms with van der Waals surface area (Å²) in [6.45, 7) is 2.81. The summed E-state index contributed by atoms with van der Waals surface area (Å²) in [5, 5.41) is 2.77. The van der Waals surface area contributed by atoms with Crippen LogP contribution in [0.1, 0.15) is 0 Å². The molecule has 0 spiro atoms. The predicted molar refractivity (Wildman–Crippen MR) is 57.6 cm³/mol. The summed E-state index contributed by atoms with van der Waals surface area (Å²) in [4.78, 5) is 1.36. The van der Waals surface area contributed by atoms with Crippen molar-refractivity contribution in [3.8, 4) is 5.75 Å². The molecule has 0 saturated carbocycles. The van der Waals surface area contributed by atoms with Gasteiger partial charge < -0.3 is 4.18 Å². The molecule has 0 heterocycles. The maximum atomic E-state index is 11.3. The molecule has 7 nitrogen and oxygen atoms in total. The molecular weight excluding hydrogens is 256 g/mol. The number of hydrazone groups is 1. The van der Waals surface area contributed by atoms with Crippen molar-refractivity contribution in [1.29, 1.82) is 0 Å². The van der Waals surface area contributed by atoms with Gasteiger partial charge in [-0.25, -0.2) is 0 Å². The first-order valence-electron chi connectivity index (χ1n) is 3.86. The Morgan fingerprint density at radius 2 is 1.69 bits per heavy atom. The molecule has 0 amide bonds. The van der Waals surface area contributed by atoms with Crippen LogP contribution >= 0.6 is 0 Å². The van der Waals surface area contributed by atoms with Gasteiger partial charge in [0.1, 0.15) is 5.75 Å². The van der Waals surface area contributed by atoms with Crippen LogP contribution in [0.15, 0.2) is 35.4 Å². The number of rotatable bonds is 5. The molecule has 1 aromatic rings. The van der Waals surface area contributed by atoms with Crippen LogP contribution in [0.2, 0.25) is 0 Å². The average molecular weight is 264 g/mol. The van der Waals surface area contributed by atoms with E-state index in [0.29, 0.717) is 0 Å². The lowest BCUT2D eigenvalue weighted by Crippen LogP contribution is -2.30. The van der Waals surface area contributed by atoms with Gasteiger partial charge in [-0.15, -0.1) is 0 Å².